The quantitative estimate of drug-likeness (QED) is 0.772. The first-order valence-corrected chi connectivity index (χ1v) is 7.49. The highest BCUT2D eigenvalue weighted by molar-refractivity contribution is 6.35. The molecule has 0 bridgehead atoms. The van der Waals surface area contributed by atoms with Crippen LogP contribution in [-0.2, 0) is 19.7 Å². The maximum Gasteiger partial charge on any atom is 0.339 e. The van der Waals surface area contributed by atoms with E-state index in [1.807, 2.05) is 6.07 Å². The Kier molecular flexibility index (Phi) is 5.85. The highest BCUT2D eigenvalue weighted by Crippen LogP contribution is 2.38. The smallest absolute Gasteiger partial charge is 0.339 e. The molecule has 0 radical (unpaired) electrons. The van der Waals surface area contributed by atoms with Crippen LogP contribution in [-0.4, -0.2) is 31.8 Å². The van der Waals surface area contributed by atoms with Gasteiger partial charge in [-0.1, -0.05) is 17.7 Å². The molecular weight excluding hydrogens is 334 g/mol. The Bertz CT molecular complexity index is 702. The number of ether oxygens (including phenoxy) is 3. The summed E-state index contributed by atoms with van der Waals surface area (Å²) in [5.74, 6) is -1.34. The largest absolute Gasteiger partial charge is 0.495 e. The van der Waals surface area contributed by atoms with Crippen LogP contribution in [0.4, 0.5) is 0 Å². The minimum atomic E-state index is -1.74. The predicted octanol–water partition coefficient (Wildman–Crippen LogP) is 3.26. The minimum absolute atomic E-state index is 0.0353. The molecule has 0 spiro atoms. The van der Waals surface area contributed by atoms with Crippen LogP contribution in [0.15, 0.2) is 12.1 Å². The van der Waals surface area contributed by atoms with Crippen LogP contribution in [0.25, 0.3) is 0 Å². The molecule has 0 heterocycles. The van der Waals surface area contributed by atoms with Gasteiger partial charge in [-0.2, -0.15) is 5.26 Å². The zero-order valence-electron chi connectivity index (χ0n) is 14.5. The van der Waals surface area contributed by atoms with E-state index >= 15 is 0 Å². The Labute approximate surface area is 146 Å². The minimum Gasteiger partial charge on any atom is -0.495 e. The summed E-state index contributed by atoms with van der Waals surface area (Å²) in [5.41, 5.74) is -2.55. The van der Waals surface area contributed by atoms with Crippen LogP contribution < -0.4 is 4.74 Å². The zero-order valence-corrected chi connectivity index (χ0v) is 15.3. The van der Waals surface area contributed by atoms with Crippen molar-refractivity contribution in [3.8, 4) is 11.8 Å². The summed E-state index contributed by atoms with van der Waals surface area (Å²) in [5, 5.41) is 9.59. The van der Waals surface area contributed by atoms with Crippen molar-refractivity contribution in [3.05, 3.63) is 28.3 Å². The number of hydrogen-bond donors (Lipinski definition) is 0. The molecule has 0 aliphatic heterocycles. The number of carbonyl (C=O) groups is 2. The van der Waals surface area contributed by atoms with E-state index < -0.39 is 23.0 Å². The second-order valence-corrected chi connectivity index (χ2v) is 6.61. The van der Waals surface area contributed by atoms with Crippen molar-refractivity contribution >= 4 is 23.5 Å². The third kappa shape index (κ3) is 3.80. The molecule has 7 heteroatoms. The Morgan fingerprint density at radius 2 is 1.75 bits per heavy atom. The molecule has 130 valence electrons. The third-order valence-corrected chi connectivity index (χ3v) is 3.66. The first kappa shape index (κ1) is 19.8. The summed E-state index contributed by atoms with van der Waals surface area (Å²) in [6.07, 6.45) is 0. The SMILES string of the molecule is COC(=O)c1c([C@](C)(C#N)C(=O)OC(C)(C)C)ccc(OC)c1Cl. The summed E-state index contributed by atoms with van der Waals surface area (Å²) in [6, 6.07) is 4.83. The second-order valence-electron chi connectivity index (χ2n) is 6.23. The number of hydrogen-bond acceptors (Lipinski definition) is 6. The summed E-state index contributed by atoms with van der Waals surface area (Å²) >= 11 is 6.20. The predicted molar refractivity (Wildman–Crippen MR) is 88.2 cm³/mol. The topological polar surface area (TPSA) is 85.6 Å². The van der Waals surface area contributed by atoms with E-state index in [0.717, 1.165) is 0 Å². The maximum absolute atomic E-state index is 12.6. The molecule has 0 saturated carbocycles. The van der Waals surface area contributed by atoms with Crippen molar-refractivity contribution in [2.24, 2.45) is 0 Å². The van der Waals surface area contributed by atoms with Crippen LogP contribution >= 0.6 is 11.6 Å². The van der Waals surface area contributed by atoms with Gasteiger partial charge in [0.2, 0.25) is 0 Å². The Hall–Kier alpha value is -2.26. The first-order chi connectivity index (χ1) is 11.0. The molecule has 0 saturated heterocycles. The van der Waals surface area contributed by atoms with Crippen molar-refractivity contribution in [2.45, 2.75) is 38.7 Å². The van der Waals surface area contributed by atoms with Gasteiger partial charge in [-0.25, -0.2) is 9.59 Å². The lowest BCUT2D eigenvalue weighted by Gasteiger charge is -2.28. The fourth-order valence-electron chi connectivity index (χ4n) is 2.03. The molecule has 1 aromatic rings. The highest BCUT2D eigenvalue weighted by Gasteiger charge is 2.43. The standard InChI is InChI=1S/C17H20ClNO5/c1-16(2,3)24-15(21)17(4,9-19)10-7-8-11(22-5)13(18)12(10)14(20)23-6/h7-8H,1-6H3/t17-/m0/s1. The number of benzene rings is 1. The summed E-state index contributed by atoms with van der Waals surface area (Å²) in [4.78, 5) is 24.7. The van der Waals surface area contributed by atoms with Gasteiger partial charge in [0.1, 0.15) is 11.4 Å². The van der Waals surface area contributed by atoms with Crippen LogP contribution in [0, 0.1) is 11.3 Å². The molecule has 24 heavy (non-hydrogen) atoms. The molecule has 0 fully saturated rings. The maximum atomic E-state index is 12.6. The van der Waals surface area contributed by atoms with Gasteiger partial charge in [-0.3, -0.25) is 0 Å². The molecule has 0 aromatic heterocycles. The molecule has 1 rings (SSSR count). The van der Waals surface area contributed by atoms with Crippen LogP contribution in [0.5, 0.6) is 5.75 Å². The van der Waals surface area contributed by atoms with E-state index in [4.69, 9.17) is 25.8 Å². The molecule has 0 amide bonds. The second kappa shape index (κ2) is 7.10. The molecule has 6 nitrogen and oxygen atoms in total. The van der Waals surface area contributed by atoms with Gasteiger partial charge in [-0.15, -0.1) is 0 Å². The van der Waals surface area contributed by atoms with E-state index in [-0.39, 0.29) is 21.9 Å². The fourth-order valence-corrected chi connectivity index (χ4v) is 2.35. The van der Waals surface area contributed by atoms with E-state index in [9.17, 15) is 14.9 Å². The lowest BCUT2D eigenvalue weighted by Crippen LogP contribution is -2.39. The molecule has 0 aliphatic rings. The average Bonchev–Trinajstić information content (AvgIpc) is 2.51. The van der Waals surface area contributed by atoms with Gasteiger partial charge >= 0.3 is 11.9 Å². The van der Waals surface area contributed by atoms with Crippen molar-refractivity contribution in [1.82, 2.24) is 0 Å². The number of rotatable bonds is 4. The third-order valence-electron chi connectivity index (χ3n) is 3.29. The number of nitrogens with zero attached hydrogens (tertiary/aromatic N) is 1. The van der Waals surface area contributed by atoms with Gasteiger partial charge < -0.3 is 14.2 Å². The number of methoxy groups -OCH3 is 2. The summed E-state index contributed by atoms with van der Waals surface area (Å²) in [7, 11) is 2.57. The average molecular weight is 354 g/mol. The van der Waals surface area contributed by atoms with E-state index in [0.29, 0.717) is 0 Å². The summed E-state index contributed by atoms with van der Waals surface area (Å²) in [6.45, 7) is 6.42. The van der Waals surface area contributed by atoms with E-state index in [1.165, 1.54) is 33.3 Å². The molecule has 0 aliphatic carbocycles. The Morgan fingerprint density at radius 1 is 1.17 bits per heavy atom. The number of carbonyl (C=O) groups excluding carboxylic acids is 2. The van der Waals surface area contributed by atoms with Crippen LogP contribution in [0.3, 0.4) is 0 Å². The van der Waals surface area contributed by atoms with Crippen LogP contribution in [0.1, 0.15) is 43.6 Å². The van der Waals surface area contributed by atoms with Gasteiger partial charge in [0.05, 0.1) is 30.9 Å². The van der Waals surface area contributed by atoms with Gasteiger partial charge in [0.25, 0.3) is 0 Å². The molecule has 1 aromatic carbocycles. The Morgan fingerprint density at radius 3 is 2.17 bits per heavy atom. The number of halogens is 1. The zero-order chi connectivity index (χ0) is 18.7. The number of nitriles is 1. The van der Waals surface area contributed by atoms with Crippen molar-refractivity contribution in [3.63, 3.8) is 0 Å². The van der Waals surface area contributed by atoms with E-state index in [2.05, 4.69) is 0 Å². The molecular formula is C17H20ClNO5. The van der Waals surface area contributed by atoms with E-state index in [1.54, 1.807) is 20.8 Å². The van der Waals surface area contributed by atoms with Gasteiger partial charge in [0, 0.05) is 0 Å². The lowest BCUT2D eigenvalue weighted by molar-refractivity contribution is -0.159. The van der Waals surface area contributed by atoms with Gasteiger partial charge in [-0.05, 0) is 39.3 Å². The fraction of sp³-hybridized carbons (Fsp3) is 0.471. The Balaban J connectivity index is 3.63. The van der Waals surface area contributed by atoms with Crippen molar-refractivity contribution in [2.75, 3.05) is 14.2 Å². The number of esters is 2. The summed E-state index contributed by atoms with van der Waals surface area (Å²) < 4.78 is 15.1. The monoisotopic (exact) mass is 353 g/mol. The highest BCUT2D eigenvalue weighted by atomic mass is 35.5. The van der Waals surface area contributed by atoms with Crippen molar-refractivity contribution in [1.29, 1.82) is 5.26 Å². The molecule has 0 unspecified atom stereocenters. The van der Waals surface area contributed by atoms with Gasteiger partial charge in [0.15, 0.2) is 5.41 Å². The normalized spacial score (nSPS) is 13.4. The van der Waals surface area contributed by atoms with Crippen molar-refractivity contribution < 1.29 is 23.8 Å². The molecule has 1 atom stereocenters. The first-order valence-electron chi connectivity index (χ1n) is 7.11. The van der Waals surface area contributed by atoms with Crippen LogP contribution in [0.2, 0.25) is 5.02 Å². The molecule has 0 N–H and O–H groups in total. The lowest BCUT2D eigenvalue weighted by atomic mass is 9.80.